The van der Waals surface area contributed by atoms with Crippen LogP contribution in [0.4, 0.5) is 0 Å². The van der Waals surface area contributed by atoms with E-state index in [9.17, 15) is 4.79 Å². The van der Waals surface area contributed by atoms with Crippen LogP contribution in [-0.2, 0) is 4.74 Å². The molecule has 2 aromatic rings. The fourth-order valence-electron chi connectivity index (χ4n) is 3.28. The Bertz CT molecular complexity index is 714. The fourth-order valence-corrected chi connectivity index (χ4v) is 4.05. The first-order valence-corrected chi connectivity index (χ1v) is 10.3. The Labute approximate surface area is 165 Å². The van der Waals surface area contributed by atoms with Crippen molar-refractivity contribution in [1.82, 2.24) is 15.2 Å². The van der Waals surface area contributed by atoms with Crippen molar-refractivity contribution < 1.29 is 9.53 Å². The van der Waals surface area contributed by atoms with Crippen LogP contribution in [0.5, 0.6) is 0 Å². The summed E-state index contributed by atoms with van der Waals surface area (Å²) in [6, 6.07) is 13.5. The molecular formula is C21H27N3O2S. The predicted octanol–water partition coefficient (Wildman–Crippen LogP) is 3.46. The average molecular weight is 386 g/mol. The summed E-state index contributed by atoms with van der Waals surface area (Å²) < 4.78 is 5.75. The van der Waals surface area contributed by atoms with E-state index in [4.69, 9.17) is 4.74 Å². The van der Waals surface area contributed by atoms with E-state index in [0.29, 0.717) is 12.1 Å². The zero-order valence-electron chi connectivity index (χ0n) is 15.9. The normalized spacial score (nSPS) is 20.4. The second-order valence-corrected chi connectivity index (χ2v) is 8.01. The van der Waals surface area contributed by atoms with Crippen LogP contribution in [0, 0.1) is 0 Å². The molecule has 1 saturated heterocycles. The predicted molar refractivity (Wildman–Crippen MR) is 108 cm³/mol. The summed E-state index contributed by atoms with van der Waals surface area (Å²) >= 11 is 1.59. The maximum Gasteiger partial charge on any atom is 0.251 e. The SMILES string of the molecule is CC1CN(CCCNC(=O)c2ccc(Sc3ccccn3)cc2)CC(C)O1. The fraction of sp³-hybridized carbons (Fsp3) is 0.429. The van der Waals surface area contributed by atoms with Gasteiger partial charge in [-0.1, -0.05) is 17.8 Å². The van der Waals surface area contributed by atoms with Gasteiger partial charge in [0.2, 0.25) is 0 Å². The number of aromatic nitrogens is 1. The van der Waals surface area contributed by atoms with E-state index in [2.05, 4.69) is 29.0 Å². The highest BCUT2D eigenvalue weighted by atomic mass is 32.2. The van der Waals surface area contributed by atoms with Crippen LogP contribution in [0.3, 0.4) is 0 Å². The number of pyridine rings is 1. The van der Waals surface area contributed by atoms with Gasteiger partial charge in [0.1, 0.15) is 5.03 Å². The molecule has 3 rings (SSSR count). The van der Waals surface area contributed by atoms with Crippen LogP contribution in [0.2, 0.25) is 0 Å². The lowest BCUT2D eigenvalue weighted by Crippen LogP contribution is -2.46. The highest BCUT2D eigenvalue weighted by Crippen LogP contribution is 2.25. The van der Waals surface area contributed by atoms with E-state index in [1.807, 2.05) is 42.5 Å². The molecule has 1 aromatic heterocycles. The average Bonchev–Trinajstić information content (AvgIpc) is 2.66. The Balaban J connectivity index is 1.40. The number of rotatable bonds is 7. The molecule has 2 heterocycles. The lowest BCUT2D eigenvalue weighted by atomic mass is 10.2. The highest BCUT2D eigenvalue weighted by molar-refractivity contribution is 7.99. The second-order valence-electron chi connectivity index (χ2n) is 6.92. The molecular weight excluding hydrogens is 358 g/mol. The molecule has 144 valence electrons. The van der Waals surface area contributed by atoms with Crippen molar-refractivity contribution in [2.75, 3.05) is 26.2 Å². The number of morpholine rings is 1. The Kier molecular flexibility index (Phi) is 7.26. The molecule has 1 N–H and O–H groups in total. The Morgan fingerprint density at radius 2 is 1.93 bits per heavy atom. The van der Waals surface area contributed by atoms with Gasteiger partial charge in [0.05, 0.1) is 12.2 Å². The molecule has 2 unspecified atom stereocenters. The smallest absolute Gasteiger partial charge is 0.251 e. The monoisotopic (exact) mass is 385 g/mol. The third-order valence-electron chi connectivity index (χ3n) is 4.41. The lowest BCUT2D eigenvalue weighted by molar-refractivity contribution is -0.0679. The van der Waals surface area contributed by atoms with E-state index in [-0.39, 0.29) is 18.1 Å². The van der Waals surface area contributed by atoms with Crippen molar-refractivity contribution in [1.29, 1.82) is 0 Å². The van der Waals surface area contributed by atoms with Crippen molar-refractivity contribution >= 4 is 17.7 Å². The number of nitrogens with zero attached hydrogens (tertiary/aromatic N) is 2. The molecule has 0 spiro atoms. The van der Waals surface area contributed by atoms with Crippen molar-refractivity contribution in [2.45, 2.75) is 42.4 Å². The van der Waals surface area contributed by atoms with Crippen LogP contribution in [-0.4, -0.2) is 54.2 Å². The molecule has 1 aromatic carbocycles. The van der Waals surface area contributed by atoms with Crippen LogP contribution in [0.1, 0.15) is 30.6 Å². The maximum atomic E-state index is 12.3. The largest absolute Gasteiger partial charge is 0.373 e. The van der Waals surface area contributed by atoms with Crippen LogP contribution < -0.4 is 5.32 Å². The molecule has 0 aliphatic carbocycles. The van der Waals surface area contributed by atoms with Crippen molar-refractivity contribution in [3.05, 3.63) is 54.2 Å². The third-order valence-corrected chi connectivity index (χ3v) is 5.37. The first-order chi connectivity index (χ1) is 13.1. The number of carbonyl (C=O) groups excluding carboxylic acids is 1. The van der Waals surface area contributed by atoms with Crippen molar-refractivity contribution in [2.24, 2.45) is 0 Å². The van der Waals surface area contributed by atoms with Crippen molar-refractivity contribution in [3.8, 4) is 0 Å². The molecule has 1 fully saturated rings. The second kappa shape index (κ2) is 9.88. The van der Waals surface area contributed by atoms with E-state index in [1.165, 1.54) is 0 Å². The van der Waals surface area contributed by atoms with Crippen LogP contribution >= 0.6 is 11.8 Å². The maximum absolute atomic E-state index is 12.3. The van der Waals surface area contributed by atoms with Gasteiger partial charge in [-0.3, -0.25) is 9.69 Å². The number of benzene rings is 1. The minimum absolute atomic E-state index is 0.0203. The van der Waals surface area contributed by atoms with Gasteiger partial charge in [0.25, 0.3) is 5.91 Å². The van der Waals surface area contributed by atoms with Crippen molar-refractivity contribution in [3.63, 3.8) is 0 Å². The molecule has 2 atom stereocenters. The molecule has 1 amide bonds. The van der Waals surface area contributed by atoms with Crippen LogP contribution in [0.15, 0.2) is 58.6 Å². The van der Waals surface area contributed by atoms with Crippen LogP contribution in [0.25, 0.3) is 0 Å². The van der Waals surface area contributed by atoms with Gasteiger partial charge in [-0.05, 0) is 56.7 Å². The molecule has 5 nitrogen and oxygen atoms in total. The number of ether oxygens (including phenoxy) is 1. The molecule has 1 aliphatic rings. The van der Waals surface area contributed by atoms with Gasteiger partial charge in [-0.15, -0.1) is 0 Å². The number of carbonyl (C=O) groups is 1. The quantitative estimate of drug-likeness (QED) is 0.740. The number of hydrogen-bond donors (Lipinski definition) is 1. The first-order valence-electron chi connectivity index (χ1n) is 9.45. The Morgan fingerprint density at radius 1 is 1.19 bits per heavy atom. The molecule has 0 bridgehead atoms. The van der Waals surface area contributed by atoms with Gasteiger partial charge in [0.15, 0.2) is 0 Å². The summed E-state index contributed by atoms with van der Waals surface area (Å²) in [6.45, 7) is 7.82. The molecule has 0 radical (unpaired) electrons. The van der Waals surface area contributed by atoms with E-state index in [0.717, 1.165) is 36.0 Å². The van der Waals surface area contributed by atoms with E-state index in [1.54, 1.807) is 18.0 Å². The molecule has 6 heteroatoms. The lowest BCUT2D eigenvalue weighted by Gasteiger charge is -2.35. The number of nitrogens with one attached hydrogen (secondary N) is 1. The Hall–Kier alpha value is -1.89. The summed E-state index contributed by atoms with van der Waals surface area (Å²) in [5, 5.41) is 3.96. The van der Waals surface area contributed by atoms with E-state index >= 15 is 0 Å². The first kappa shape index (κ1) is 19.9. The van der Waals surface area contributed by atoms with Gasteiger partial charge >= 0.3 is 0 Å². The van der Waals surface area contributed by atoms with Gasteiger partial charge in [0, 0.05) is 42.8 Å². The zero-order chi connectivity index (χ0) is 19.1. The summed E-state index contributed by atoms with van der Waals surface area (Å²) in [7, 11) is 0. The summed E-state index contributed by atoms with van der Waals surface area (Å²) in [5.74, 6) is -0.0203. The summed E-state index contributed by atoms with van der Waals surface area (Å²) in [5.41, 5.74) is 0.689. The number of amides is 1. The van der Waals surface area contributed by atoms with E-state index < -0.39 is 0 Å². The van der Waals surface area contributed by atoms with Gasteiger partial charge in [-0.2, -0.15) is 0 Å². The molecule has 0 saturated carbocycles. The number of hydrogen-bond acceptors (Lipinski definition) is 5. The third kappa shape index (κ3) is 6.34. The summed E-state index contributed by atoms with van der Waals surface area (Å²) in [6.07, 6.45) is 3.29. The van der Waals surface area contributed by atoms with Gasteiger partial charge < -0.3 is 10.1 Å². The highest BCUT2D eigenvalue weighted by Gasteiger charge is 2.21. The minimum atomic E-state index is -0.0203. The van der Waals surface area contributed by atoms with Gasteiger partial charge in [-0.25, -0.2) is 4.98 Å². The minimum Gasteiger partial charge on any atom is -0.373 e. The zero-order valence-corrected chi connectivity index (χ0v) is 16.7. The standard InChI is InChI=1S/C21H27N3O2S/c1-16-14-24(15-17(2)26-16)13-5-12-23-21(25)18-7-9-19(10-8-18)27-20-6-3-4-11-22-20/h3-4,6-11,16-17H,5,12-15H2,1-2H3,(H,23,25). The Morgan fingerprint density at radius 3 is 2.59 bits per heavy atom. The topological polar surface area (TPSA) is 54.5 Å². The molecule has 1 aliphatic heterocycles. The summed E-state index contributed by atoms with van der Waals surface area (Å²) in [4.78, 5) is 20.1. The molecule has 27 heavy (non-hydrogen) atoms.